The van der Waals surface area contributed by atoms with Crippen molar-refractivity contribution in [3.05, 3.63) is 29.6 Å². The first-order valence-corrected chi connectivity index (χ1v) is 11.7. The van der Waals surface area contributed by atoms with Crippen LogP contribution in [0.15, 0.2) is 18.2 Å². The van der Waals surface area contributed by atoms with Gasteiger partial charge in [-0.2, -0.15) is 5.26 Å². The summed E-state index contributed by atoms with van der Waals surface area (Å²) >= 11 is 0. The Bertz CT molecular complexity index is 824. The molecular weight excluding hydrogens is 420 g/mol. The van der Waals surface area contributed by atoms with E-state index < -0.39 is 5.60 Å². The van der Waals surface area contributed by atoms with Crippen molar-refractivity contribution < 1.29 is 14.3 Å². The Morgan fingerprint density at radius 1 is 1.30 bits per heavy atom. The van der Waals surface area contributed by atoms with Crippen LogP contribution in [0.5, 0.6) is 0 Å². The fourth-order valence-corrected chi connectivity index (χ4v) is 3.94. The molecule has 1 saturated heterocycles. The van der Waals surface area contributed by atoms with Crippen LogP contribution in [0.2, 0.25) is 0 Å². The van der Waals surface area contributed by atoms with Gasteiger partial charge >= 0.3 is 12.1 Å². The molecule has 1 unspecified atom stereocenters. The quantitative estimate of drug-likeness (QED) is 0.619. The molecule has 1 fully saturated rings. The maximum atomic E-state index is 12.8. The summed E-state index contributed by atoms with van der Waals surface area (Å²) in [6.45, 7) is 12.8. The summed E-state index contributed by atoms with van der Waals surface area (Å²) in [4.78, 5) is 33.2. The number of nitriles is 1. The van der Waals surface area contributed by atoms with Crippen LogP contribution < -0.4 is 10.6 Å². The molecule has 2 rings (SSSR count). The van der Waals surface area contributed by atoms with E-state index in [4.69, 9.17) is 10.00 Å². The first-order valence-electron chi connectivity index (χ1n) is 11.7. The van der Waals surface area contributed by atoms with Crippen LogP contribution in [-0.4, -0.2) is 70.8 Å². The van der Waals surface area contributed by atoms with Crippen molar-refractivity contribution in [3.8, 4) is 6.07 Å². The molecule has 9 nitrogen and oxygen atoms in total. The number of piperidine rings is 1. The molecule has 0 bridgehead atoms. The minimum Gasteiger partial charge on any atom is -0.444 e. The summed E-state index contributed by atoms with van der Waals surface area (Å²) in [5, 5.41) is 14.9. The molecule has 1 aliphatic rings. The molecule has 2 heterocycles. The number of ether oxygens (including phenoxy) is 1. The van der Waals surface area contributed by atoms with Crippen molar-refractivity contribution in [3.63, 3.8) is 0 Å². The van der Waals surface area contributed by atoms with E-state index in [0.717, 1.165) is 32.4 Å². The number of hydrogen-bond donors (Lipinski definition) is 2. The standard InChI is InChI=1S/C24H38N6O3/c1-6-26-22(31)30(17-20-9-7-8-19(16-25)28-20)21-11-14-29(15-12-21)18(2)10-13-27-23(32)33-24(3,4)5/h7-9,18,21H,6,10-15,17H2,1-5H3,(H,26,31)(H,27,32). The SMILES string of the molecule is CCNC(=O)N(Cc1cccc(C#N)n1)C1CCN(C(C)CCNC(=O)OC(C)(C)C)CC1. The van der Waals surface area contributed by atoms with Crippen molar-refractivity contribution in [1.82, 2.24) is 25.4 Å². The normalized spacial score (nSPS) is 15.9. The molecule has 0 aromatic carbocycles. The fraction of sp³-hybridized carbons (Fsp3) is 0.667. The van der Waals surface area contributed by atoms with Gasteiger partial charge < -0.3 is 25.2 Å². The summed E-state index contributed by atoms with van der Waals surface area (Å²) in [5.41, 5.74) is 0.565. The summed E-state index contributed by atoms with van der Waals surface area (Å²) in [7, 11) is 0. The third kappa shape index (κ3) is 8.89. The maximum absolute atomic E-state index is 12.8. The molecule has 33 heavy (non-hydrogen) atoms. The Balaban J connectivity index is 1.88. The van der Waals surface area contributed by atoms with Gasteiger partial charge in [-0.3, -0.25) is 0 Å². The number of hydrogen-bond acceptors (Lipinski definition) is 6. The highest BCUT2D eigenvalue weighted by molar-refractivity contribution is 5.74. The van der Waals surface area contributed by atoms with Gasteiger partial charge in [-0.15, -0.1) is 0 Å². The van der Waals surface area contributed by atoms with Gasteiger partial charge in [-0.05, 0) is 66.0 Å². The van der Waals surface area contributed by atoms with E-state index in [0.29, 0.717) is 37.1 Å². The second kappa shape index (κ2) is 12.4. The van der Waals surface area contributed by atoms with E-state index in [1.807, 2.05) is 38.7 Å². The molecule has 2 N–H and O–H groups in total. The Labute approximate surface area is 197 Å². The van der Waals surface area contributed by atoms with Gasteiger partial charge in [0.2, 0.25) is 0 Å². The molecule has 1 atom stereocenters. The number of rotatable bonds is 8. The smallest absolute Gasteiger partial charge is 0.407 e. The lowest BCUT2D eigenvalue weighted by atomic mass is 10.0. The second-order valence-corrected chi connectivity index (χ2v) is 9.42. The van der Waals surface area contributed by atoms with Crippen LogP contribution >= 0.6 is 0 Å². The topological polar surface area (TPSA) is 111 Å². The van der Waals surface area contributed by atoms with Crippen molar-refractivity contribution >= 4 is 12.1 Å². The lowest BCUT2D eigenvalue weighted by Crippen LogP contribution is -2.52. The average molecular weight is 459 g/mol. The summed E-state index contributed by atoms with van der Waals surface area (Å²) in [6, 6.07) is 7.68. The van der Waals surface area contributed by atoms with E-state index in [1.54, 1.807) is 12.1 Å². The summed E-state index contributed by atoms with van der Waals surface area (Å²) < 4.78 is 5.28. The van der Waals surface area contributed by atoms with Gasteiger partial charge in [-0.1, -0.05) is 6.07 Å². The highest BCUT2D eigenvalue weighted by Gasteiger charge is 2.30. The fourth-order valence-electron chi connectivity index (χ4n) is 3.94. The van der Waals surface area contributed by atoms with Gasteiger partial charge in [0, 0.05) is 38.3 Å². The third-order valence-electron chi connectivity index (χ3n) is 5.64. The number of nitrogens with one attached hydrogen (secondary N) is 2. The minimum absolute atomic E-state index is 0.102. The molecule has 0 spiro atoms. The van der Waals surface area contributed by atoms with Crippen LogP contribution in [0.4, 0.5) is 9.59 Å². The number of amides is 3. The number of aromatic nitrogens is 1. The lowest BCUT2D eigenvalue weighted by molar-refractivity contribution is 0.0518. The molecule has 3 amide bonds. The first kappa shape index (κ1) is 26.4. The van der Waals surface area contributed by atoms with Gasteiger partial charge in [0.25, 0.3) is 0 Å². The highest BCUT2D eigenvalue weighted by atomic mass is 16.6. The van der Waals surface area contributed by atoms with Gasteiger partial charge in [-0.25, -0.2) is 14.6 Å². The highest BCUT2D eigenvalue weighted by Crippen LogP contribution is 2.21. The van der Waals surface area contributed by atoms with E-state index in [9.17, 15) is 9.59 Å². The first-order chi connectivity index (χ1) is 15.6. The Hall–Kier alpha value is -2.86. The molecule has 0 saturated carbocycles. The van der Waals surface area contributed by atoms with Crippen molar-refractivity contribution in [2.45, 2.75) is 78.1 Å². The number of urea groups is 1. The van der Waals surface area contributed by atoms with E-state index in [2.05, 4.69) is 33.5 Å². The predicted octanol–water partition coefficient (Wildman–Crippen LogP) is 3.25. The zero-order valence-electron chi connectivity index (χ0n) is 20.6. The largest absolute Gasteiger partial charge is 0.444 e. The molecule has 182 valence electrons. The molecular formula is C24H38N6O3. The monoisotopic (exact) mass is 458 g/mol. The van der Waals surface area contributed by atoms with Crippen molar-refractivity contribution in [1.29, 1.82) is 5.26 Å². The number of carbonyl (C=O) groups is 2. The number of alkyl carbamates (subject to hydrolysis) is 1. The number of nitrogens with zero attached hydrogens (tertiary/aromatic N) is 4. The predicted molar refractivity (Wildman–Crippen MR) is 126 cm³/mol. The molecule has 1 aromatic heterocycles. The number of pyridine rings is 1. The van der Waals surface area contributed by atoms with Gasteiger partial charge in [0.1, 0.15) is 17.4 Å². The van der Waals surface area contributed by atoms with Crippen LogP contribution in [0.25, 0.3) is 0 Å². The van der Waals surface area contributed by atoms with E-state index in [1.165, 1.54) is 0 Å². The average Bonchev–Trinajstić information content (AvgIpc) is 2.76. The molecule has 0 aliphatic carbocycles. The lowest BCUT2D eigenvalue weighted by Gasteiger charge is -2.40. The third-order valence-corrected chi connectivity index (χ3v) is 5.64. The van der Waals surface area contributed by atoms with Gasteiger partial charge in [0.15, 0.2) is 0 Å². The number of likely N-dealkylation sites (tertiary alicyclic amines) is 1. The van der Waals surface area contributed by atoms with Crippen molar-refractivity contribution in [2.75, 3.05) is 26.2 Å². The molecule has 0 radical (unpaired) electrons. The zero-order chi connectivity index (χ0) is 24.4. The van der Waals surface area contributed by atoms with Crippen molar-refractivity contribution in [2.24, 2.45) is 0 Å². The van der Waals surface area contributed by atoms with Crippen LogP contribution in [-0.2, 0) is 11.3 Å². The van der Waals surface area contributed by atoms with Gasteiger partial charge in [0.05, 0.1) is 12.2 Å². The maximum Gasteiger partial charge on any atom is 0.407 e. The van der Waals surface area contributed by atoms with Crippen LogP contribution in [0, 0.1) is 11.3 Å². The molecule has 1 aromatic rings. The summed E-state index contributed by atoms with van der Waals surface area (Å²) in [6.07, 6.45) is 2.16. The van der Waals surface area contributed by atoms with E-state index >= 15 is 0 Å². The molecule has 9 heteroatoms. The van der Waals surface area contributed by atoms with Crippen LogP contribution in [0.3, 0.4) is 0 Å². The number of carbonyl (C=O) groups excluding carboxylic acids is 2. The second-order valence-electron chi connectivity index (χ2n) is 9.42. The Morgan fingerprint density at radius 3 is 2.61 bits per heavy atom. The van der Waals surface area contributed by atoms with E-state index in [-0.39, 0.29) is 18.2 Å². The molecule has 1 aliphatic heterocycles. The Kier molecular flexibility index (Phi) is 9.92. The van der Waals surface area contributed by atoms with Crippen LogP contribution in [0.1, 0.15) is 65.3 Å². The Morgan fingerprint density at radius 2 is 2.00 bits per heavy atom. The minimum atomic E-state index is -0.501. The zero-order valence-corrected chi connectivity index (χ0v) is 20.6. The summed E-state index contributed by atoms with van der Waals surface area (Å²) in [5.74, 6) is 0.